The maximum atomic E-state index is 13.5. The van der Waals surface area contributed by atoms with Gasteiger partial charge < -0.3 is 14.6 Å². The molecule has 1 saturated heterocycles. The minimum Gasteiger partial charge on any atom is -0.385 e. The Labute approximate surface area is 187 Å². The number of aromatic amines is 1. The topological polar surface area (TPSA) is 83.5 Å². The Morgan fingerprint density at radius 3 is 2.66 bits per heavy atom. The first-order valence-corrected chi connectivity index (χ1v) is 11.6. The molecule has 5 rings (SSSR count). The zero-order valence-corrected chi connectivity index (χ0v) is 18.9. The van der Waals surface area contributed by atoms with Crippen LogP contribution >= 0.6 is 0 Å². The van der Waals surface area contributed by atoms with E-state index in [0.717, 1.165) is 80.6 Å². The van der Waals surface area contributed by atoms with Crippen molar-refractivity contribution in [1.82, 2.24) is 24.6 Å². The van der Waals surface area contributed by atoms with E-state index in [-0.39, 0.29) is 11.5 Å². The molecule has 0 spiro atoms. The molecule has 8 nitrogen and oxygen atoms in total. The minimum atomic E-state index is -0.124. The first kappa shape index (κ1) is 21.2. The number of aromatic nitrogens is 3. The summed E-state index contributed by atoms with van der Waals surface area (Å²) in [7, 11) is 1.73. The molecular formula is C24H31N5O3. The van der Waals surface area contributed by atoms with Crippen LogP contribution in [0.25, 0.3) is 21.8 Å². The number of hydrogen-bond donors (Lipinski definition) is 1. The Balaban J connectivity index is 1.45. The van der Waals surface area contributed by atoms with E-state index in [0.29, 0.717) is 17.0 Å². The summed E-state index contributed by atoms with van der Waals surface area (Å²) >= 11 is 0. The van der Waals surface area contributed by atoms with E-state index in [1.54, 1.807) is 13.3 Å². The van der Waals surface area contributed by atoms with Crippen LogP contribution in [0.4, 0.5) is 0 Å². The molecule has 1 N–H and O–H groups in total. The maximum Gasteiger partial charge on any atom is 0.259 e. The fourth-order valence-corrected chi connectivity index (χ4v) is 4.91. The molecule has 32 heavy (non-hydrogen) atoms. The Morgan fingerprint density at radius 1 is 1.19 bits per heavy atom. The van der Waals surface area contributed by atoms with Gasteiger partial charge in [-0.25, -0.2) is 0 Å². The largest absolute Gasteiger partial charge is 0.385 e. The van der Waals surface area contributed by atoms with Crippen molar-refractivity contribution in [1.29, 1.82) is 0 Å². The smallest absolute Gasteiger partial charge is 0.259 e. The summed E-state index contributed by atoms with van der Waals surface area (Å²) in [5, 5.41) is 6.03. The summed E-state index contributed by atoms with van der Waals surface area (Å²) in [6.45, 7) is 6.93. The van der Waals surface area contributed by atoms with E-state index in [1.165, 1.54) is 6.42 Å². The number of H-pyrrole nitrogens is 1. The van der Waals surface area contributed by atoms with Crippen LogP contribution in [-0.4, -0.2) is 76.9 Å². The number of piperazine rings is 1. The molecule has 1 aliphatic carbocycles. The molecule has 0 atom stereocenters. The van der Waals surface area contributed by atoms with Gasteiger partial charge in [0.25, 0.3) is 11.5 Å². The molecule has 0 radical (unpaired) electrons. The van der Waals surface area contributed by atoms with Crippen molar-refractivity contribution in [2.75, 3.05) is 46.4 Å². The third-order valence-corrected chi connectivity index (χ3v) is 7.04. The Morgan fingerprint density at radius 2 is 1.97 bits per heavy atom. The van der Waals surface area contributed by atoms with Gasteiger partial charge >= 0.3 is 0 Å². The predicted octanol–water partition coefficient (Wildman–Crippen LogP) is 2.71. The van der Waals surface area contributed by atoms with Crippen LogP contribution in [0.2, 0.25) is 0 Å². The Bertz CT molecular complexity index is 1200. The van der Waals surface area contributed by atoms with E-state index in [4.69, 9.17) is 4.74 Å². The maximum absolute atomic E-state index is 13.5. The second-order valence-electron chi connectivity index (χ2n) is 9.08. The van der Waals surface area contributed by atoms with E-state index < -0.39 is 0 Å². The number of ether oxygens (including phenoxy) is 1. The van der Waals surface area contributed by atoms with Crippen LogP contribution in [0.5, 0.6) is 0 Å². The van der Waals surface area contributed by atoms with E-state index in [2.05, 4.69) is 15.0 Å². The van der Waals surface area contributed by atoms with Gasteiger partial charge in [0, 0.05) is 57.4 Å². The van der Waals surface area contributed by atoms with Gasteiger partial charge in [-0.2, -0.15) is 5.10 Å². The van der Waals surface area contributed by atoms with Crippen LogP contribution in [0.15, 0.2) is 23.1 Å². The molecular weight excluding hydrogens is 406 g/mol. The molecule has 1 amide bonds. The Hall–Kier alpha value is -2.71. The lowest BCUT2D eigenvalue weighted by Crippen LogP contribution is -2.49. The fraction of sp³-hybridized carbons (Fsp3) is 0.542. The zero-order valence-electron chi connectivity index (χ0n) is 18.9. The lowest BCUT2D eigenvalue weighted by molar-refractivity contribution is 0.0623. The highest BCUT2D eigenvalue weighted by molar-refractivity contribution is 6.07. The summed E-state index contributed by atoms with van der Waals surface area (Å²) in [5.74, 6) is 0.0648. The van der Waals surface area contributed by atoms with Crippen molar-refractivity contribution in [2.24, 2.45) is 0 Å². The van der Waals surface area contributed by atoms with E-state index >= 15 is 0 Å². The molecule has 1 saturated carbocycles. The zero-order chi connectivity index (χ0) is 22.2. The highest BCUT2D eigenvalue weighted by Gasteiger charge is 2.26. The van der Waals surface area contributed by atoms with Crippen molar-refractivity contribution in [3.63, 3.8) is 0 Å². The molecule has 0 bridgehead atoms. The number of carbonyl (C=O) groups is 1. The number of methoxy groups -OCH3 is 1. The number of hydrogen-bond acceptors (Lipinski definition) is 5. The van der Waals surface area contributed by atoms with Gasteiger partial charge in [0.1, 0.15) is 0 Å². The van der Waals surface area contributed by atoms with Crippen LogP contribution in [0.3, 0.4) is 0 Å². The number of rotatable bonds is 6. The minimum absolute atomic E-state index is 0.0648. The number of nitrogens with zero attached hydrogens (tertiary/aromatic N) is 4. The number of aryl methyl sites for hydroxylation is 1. The number of nitrogens with one attached hydrogen (secondary N) is 1. The van der Waals surface area contributed by atoms with Gasteiger partial charge in [-0.05, 0) is 50.3 Å². The molecule has 2 aliphatic rings. The van der Waals surface area contributed by atoms with Gasteiger partial charge in [-0.1, -0.05) is 0 Å². The van der Waals surface area contributed by atoms with Crippen molar-refractivity contribution < 1.29 is 9.53 Å². The highest BCUT2D eigenvalue weighted by atomic mass is 16.5. The summed E-state index contributed by atoms with van der Waals surface area (Å²) in [6.07, 6.45) is 6.02. The Kier molecular flexibility index (Phi) is 5.73. The highest BCUT2D eigenvalue weighted by Crippen LogP contribution is 2.35. The molecule has 2 fully saturated rings. The van der Waals surface area contributed by atoms with E-state index in [9.17, 15) is 9.59 Å². The van der Waals surface area contributed by atoms with Crippen molar-refractivity contribution in [3.05, 3.63) is 39.8 Å². The van der Waals surface area contributed by atoms with Crippen molar-refractivity contribution >= 4 is 27.7 Å². The average Bonchev–Trinajstić information content (AvgIpc) is 3.18. The average molecular weight is 438 g/mol. The molecule has 1 aliphatic heterocycles. The van der Waals surface area contributed by atoms with E-state index in [1.807, 2.05) is 28.6 Å². The normalized spacial score (nSPS) is 17.9. The lowest BCUT2D eigenvalue weighted by Gasteiger charge is -2.35. The number of benzene rings is 1. The number of pyridine rings is 1. The fourth-order valence-electron chi connectivity index (χ4n) is 4.91. The molecule has 1 aromatic carbocycles. The van der Waals surface area contributed by atoms with Gasteiger partial charge in [-0.15, -0.1) is 0 Å². The van der Waals surface area contributed by atoms with Crippen LogP contribution < -0.4 is 5.56 Å². The molecule has 8 heteroatoms. The summed E-state index contributed by atoms with van der Waals surface area (Å²) in [5.41, 5.74) is 3.09. The monoisotopic (exact) mass is 437 g/mol. The van der Waals surface area contributed by atoms with Crippen molar-refractivity contribution in [2.45, 2.75) is 38.6 Å². The summed E-state index contributed by atoms with van der Waals surface area (Å²) < 4.78 is 7.14. The third-order valence-electron chi connectivity index (χ3n) is 7.04. The van der Waals surface area contributed by atoms with Crippen LogP contribution in [-0.2, 0) is 4.74 Å². The van der Waals surface area contributed by atoms with Gasteiger partial charge in [-0.3, -0.25) is 19.2 Å². The number of amides is 1. The molecule has 0 unspecified atom stereocenters. The number of carbonyl (C=O) groups excluding carboxylic acids is 1. The van der Waals surface area contributed by atoms with Crippen LogP contribution in [0.1, 0.15) is 47.6 Å². The van der Waals surface area contributed by atoms with Crippen molar-refractivity contribution in [3.8, 4) is 0 Å². The second kappa shape index (κ2) is 8.67. The van der Waals surface area contributed by atoms with Gasteiger partial charge in [0.15, 0.2) is 0 Å². The SMILES string of the molecule is COCCCN1CCN(C(=O)c2cc3c(cc2C)[nH]c(=O)c2cnn(C4CCC4)c23)CC1. The van der Waals surface area contributed by atoms with Gasteiger partial charge in [0.2, 0.25) is 0 Å². The third kappa shape index (κ3) is 3.71. The molecule has 170 valence electrons. The quantitative estimate of drug-likeness (QED) is 0.600. The molecule has 3 aromatic rings. The standard InChI is InChI=1S/C24H31N5O3/c1-16-13-21-19(22-20(23(30)26-21)15-25-29(22)17-5-3-6-17)14-18(16)24(31)28-10-8-27(9-11-28)7-4-12-32-2/h13-15,17H,3-12H2,1-2H3,(H,26,30). The second-order valence-corrected chi connectivity index (χ2v) is 9.08. The number of fused-ring (bicyclic) bond motifs is 3. The first-order valence-electron chi connectivity index (χ1n) is 11.6. The van der Waals surface area contributed by atoms with Gasteiger partial charge in [0.05, 0.1) is 28.7 Å². The molecule has 2 aromatic heterocycles. The van der Waals surface area contributed by atoms with Crippen LogP contribution in [0, 0.1) is 6.92 Å². The summed E-state index contributed by atoms with van der Waals surface area (Å²) in [6, 6.07) is 4.24. The first-order chi connectivity index (χ1) is 15.6. The predicted molar refractivity (Wildman–Crippen MR) is 124 cm³/mol. The summed E-state index contributed by atoms with van der Waals surface area (Å²) in [4.78, 5) is 33.4. The lowest BCUT2D eigenvalue weighted by atomic mass is 9.93. The molecule has 3 heterocycles.